The molecule has 0 aromatic heterocycles. The summed E-state index contributed by atoms with van der Waals surface area (Å²) in [5.41, 5.74) is 0.763. The maximum absolute atomic E-state index is 11.9. The highest BCUT2D eigenvalue weighted by atomic mass is 19.4. The number of hydrogen-bond acceptors (Lipinski definition) is 3. The van der Waals surface area contributed by atoms with E-state index in [9.17, 15) is 18.0 Å². The van der Waals surface area contributed by atoms with Gasteiger partial charge in [0.2, 0.25) is 0 Å². The molecule has 0 saturated carbocycles. The number of carbonyl (C=O) groups is 1. The van der Waals surface area contributed by atoms with Gasteiger partial charge in [-0.3, -0.25) is 0 Å². The third-order valence-corrected chi connectivity index (χ3v) is 1.88. The van der Waals surface area contributed by atoms with E-state index in [1.165, 1.54) is 12.1 Å². The zero-order valence-corrected chi connectivity index (χ0v) is 9.17. The third-order valence-electron chi connectivity index (χ3n) is 1.88. The van der Waals surface area contributed by atoms with Gasteiger partial charge in [-0.1, -0.05) is 6.92 Å². The zero-order chi connectivity index (χ0) is 12.9. The fraction of sp³-hybridized carbons (Fsp3) is 0.364. The summed E-state index contributed by atoms with van der Waals surface area (Å²) >= 11 is 0. The monoisotopic (exact) mass is 247 g/mol. The number of carbonyl (C=O) groups excluding carboxylic acids is 1. The Hall–Kier alpha value is -1.72. The smallest absolute Gasteiger partial charge is 0.420 e. The summed E-state index contributed by atoms with van der Waals surface area (Å²) in [6.07, 6.45) is -4.04. The van der Waals surface area contributed by atoms with E-state index in [-0.39, 0.29) is 5.75 Å². The van der Waals surface area contributed by atoms with Crippen LogP contribution in [0.25, 0.3) is 0 Å². The van der Waals surface area contributed by atoms with Crippen LogP contribution in [0.4, 0.5) is 18.9 Å². The second kappa shape index (κ2) is 5.56. The summed E-state index contributed by atoms with van der Waals surface area (Å²) < 4.78 is 39.8. The molecule has 0 radical (unpaired) electrons. The van der Waals surface area contributed by atoms with E-state index >= 15 is 0 Å². The van der Waals surface area contributed by atoms with Crippen molar-refractivity contribution in [3.05, 3.63) is 24.3 Å². The maximum Gasteiger partial charge on any atom is 0.491 e. The molecule has 0 heterocycles. The molecule has 0 bridgehead atoms. The lowest BCUT2D eigenvalue weighted by Gasteiger charge is -2.08. The second-order valence-electron chi connectivity index (χ2n) is 3.34. The van der Waals surface area contributed by atoms with Crippen molar-refractivity contribution in [1.82, 2.24) is 0 Å². The van der Waals surface area contributed by atoms with Gasteiger partial charge in [0, 0.05) is 12.2 Å². The van der Waals surface area contributed by atoms with Crippen LogP contribution in [0.15, 0.2) is 24.3 Å². The number of hydrogen-bond donors (Lipinski definition) is 1. The Bertz CT molecular complexity index is 373. The summed E-state index contributed by atoms with van der Waals surface area (Å²) in [6, 6.07) is 5.71. The van der Waals surface area contributed by atoms with Gasteiger partial charge >= 0.3 is 12.1 Å². The molecule has 1 N–H and O–H groups in total. The molecule has 0 atom stereocenters. The first kappa shape index (κ1) is 13.3. The molecule has 3 nitrogen and oxygen atoms in total. The summed E-state index contributed by atoms with van der Waals surface area (Å²) in [5, 5.41) is 3.04. The first-order valence-electron chi connectivity index (χ1n) is 5.06. The molecular weight excluding hydrogens is 235 g/mol. The molecular formula is C11H12F3NO2. The van der Waals surface area contributed by atoms with Crippen LogP contribution in [0.3, 0.4) is 0 Å². The standard InChI is InChI=1S/C11H12F3NO2/c1-2-7-15-8-3-5-9(6-4-8)17-10(16)11(12,13)14/h3-6,15H,2,7H2,1H3. The molecule has 94 valence electrons. The minimum Gasteiger partial charge on any atom is -0.420 e. The Balaban J connectivity index is 2.59. The number of ether oxygens (including phenoxy) is 1. The van der Waals surface area contributed by atoms with Crippen molar-refractivity contribution >= 4 is 11.7 Å². The van der Waals surface area contributed by atoms with Gasteiger partial charge in [-0.05, 0) is 30.7 Å². The molecule has 1 rings (SSSR count). The van der Waals surface area contributed by atoms with Crippen LogP contribution in [0.5, 0.6) is 5.75 Å². The average Bonchev–Trinajstić information content (AvgIpc) is 2.27. The van der Waals surface area contributed by atoms with Gasteiger partial charge in [0.25, 0.3) is 0 Å². The highest BCUT2D eigenvalue weighted by Gasteiger charge is 2.41. The lowest BCUT2D eigenvalue weighted by atomic mass is 10.3. The van der Waals surface area contributed by atoms with Crippen molar-refractivity contribution in [2.75, 3.05) is 11.9 Å². The van der Waals surface area contributed by atoms with E-state index in [4.69, 9.17) is 0 Å². The van der Waals surface area contributed by atoms with Gasteiger partial charge in [0.1, 0.15) is 5.75 Å². The summed E-state index contributed by atoms with van der Waals surface area (Å²) in [4.78, 5) is 10.5. The second-order valence-corrected chi connectivity index (χ2v) is 3.34. The Labute approximate surface area is 96.6 Å². The largest absolute Gasteiger partial charge is 0.491 e. The van der Waals surface area contributed by atoms with Gasteiger partial charge in [0.05, 0.1) is 0 Å². The minimum atomic E-state index is -4.97. The van der Waals surface area contributed by atoms with E-state index in [0.29, 0.717) is 0 Å². The number of nitrogens with one attached hydrogen (secondary N) is 1. The van der Waals surface area contributed by atoms with Crippen molar-refractivity contribution in [2.45, 2.75) is 19.5 Å². The number of halogens is 3. The summed E-state index contributed by atoms with van der Waals surface area (Å²) in [5.74, 6) is -2.35. The van der Waals surface area contributed by atoms with Crippen molar-refractivity contribution in [3.63, 3.8) is 0 Å². The zero-order valence-electron chi connectivity index (χ0n) is 9.17. The SMILES string of the molecule is CCCNc1ccc(OC(=O)C(F)(F)F)cc1. The van der Waals surface area contributed by atoms with E-state index in [2.05, 4.69) is 10.1 Å². The Morgan fingerprint density at radius 1 is 1.29 bits per heavy atom. The number of alkyl halides is 3. The molecule has 6 heteroatoms. The van der Waals surface area contributed by atoms with Crippen LogP contribution in [-0.4, -0.2) is 18.7 Å². The fourth-order valence-electron chi connectivity index (χ4n) is 1.08. The Kier molecular flexibility index (Phi) is 4.37. The number of benzene rings is 1. The van der Waals surface area contributed by atoms with Gasteiger partial charge in [0.15, 0.2) is 0 Å². The molecule has 0 spiro atoms. The normalized spacial score (nSPS) is 11.1. The van der Waals surface area contributed by atoms with Crippen molar-refractivity contribution in [3.8, 4) is 5.75 Å². The maximum atomic E-state index is 11.9. The molecule has 1 aromatic carbocycles. The third kappa shape index (κ3) is 4.34. The number of esters is 1. The van der Waals surface area contributed by atoms with Gasteiger partial charge in [-0.15, -0.1) is 0 Å². The van der Waals surface area contributed by atoms with E-state index in [1.54, 1.807) is 12.1 Å². The number of rotatable bonds is 4. The first-order valence-corrected chi connectivity index (χ1v) is 5.06. The summed E-state index contributed by atoms with van der Waals surface area (Å²) in [7, 11) is 0. The fourth-order valence-corrected chi connectivity index (χ4v) is 1.08. The first-order chi connectivity index (χ1) is 7.93. The van der Waals surface area contributed by atoms with E-state index in [0.717, 1.165) is 18.7 Å². The topological polar surface area (TPSA) is 38.3 Å². The van der Waals surface area contributed by atoms with Gasteiger partial charge < -0.3 is 10.1 Å². The highest BCUT2D eigenvalue weighted by molar-refractivity contribution is 5.78. The molecule has 0 saturated heterocycles. The molecule has 17 heavy (non-hydrogen) atoms. The van der Waals surface area contributed by atoms with Crippen molar-refractivity contribution in [2.24, 2.45) is 0 Å². The lowest BCUT2D eigenvalue weighted by molar-refractivity contribution is -0.189. The molecule has 0 aliphatic carbocycles. The van der Waals surface area contributed by atoms with Crippen LogP contribution < -0.4 is 10.1 Å². The van der Waals surface area contributed by atoms with E-state index in [1.807, 2.05) is 6.92 Å². The van der Waals surface area contributed by atoms with Crippen LogP contribution in [0.2, 0.25) is 0 Å². The molecule has 0 aliphatic heterocycles. The molecule has 1 aromatic rings. The van der Waals surface area contributed by atoms with E-state index < -0.39 is 12.1 Å². The lowest BCUT2D eigenvalue weighted by Crippen LogP contribution is -2.27. The number of anilines is 1. The van der Waals surface area contributed by atoms with Crippen LogP contribution >= 0.6 is 0 Å². The quantitative estimate of drug-likeness (QED) is 0.656. The molecule has 0 unspecified atom stereocenters. The average molecular weight is 247 g/mol. The molecule has 0 amide bonds. The van der Waals surface area contributed by atoms with Crippen LogP contribution in [-0.2, 0) is 4.79 Å². The van der Waals surface area contributed by atoms with Crippen molar-refractivity contribution < 1.29 is 22.7 Å². The molecule has 0 fully saturated rings. The highest BCUT2D eigenvalue weighted by Crippen LogP contribution is 2.21. The van der Waals surface area contributed by atoms with Crippen LogP contribution in [0, 0.1) is 0 Å². The Morgan fingerprint density at radius 3 is 2.35 bits per heavy atom. The summed E-state index contributed by atoms with van der Waals surface area (Å²) in [6.45, 7) is 2.76. The van der Waals surface area contributed by atoms with Gasteiger partial charge in [-0.2, -0.15) is 13.2 Å². The van der Waals surface area contributed by atoms with Crippen LogP contribution in [0.1, 0.15) is 13.3 Å². The molecule has 0 aliphatic rings. The predicted molar refractivity (Wildman–Crippen MR) is 56.9 cm³/mol. The predicted octanol–water partition coefficient (Wildman–Crippen LogP) is 2.98. The minimum absolute atomic E-state index is 0.130. The van der Waals surface area contributed by atoms with Crippen molar-refractivity contribution in [1.29, 1.82) is 0 Å². The Morgan fingerprint density at radius 2 is 1.88 bits per heavy atom. The van der Waals surface area contributed by atoms with Gasteiger partial charge in [-0.25, -0.2) is 4.79 Å².